The molecule has 0 unspecified atom stereocenters. The maximum absolute atomic E-state index is 12.5. The number of aryl methyl sites for hydroxylation is 1. The fourth-order valence-corrected chi connectivity index (χ4v) is 3.99. The second kappa shape index (κ2) is 8.66. The Kier molecular flexibility index (Phi) is 6.35. The van der Waals surface area contributed by atoms with Crippen LogP contribution in [0.25, 0.3) is 0 Å². The highest BCUT2D eigenvalue weighted by molar-refractivity contribution is 5.96. The minimum absolute atomic E-state index is 0.0358. The lowest BCUT2D eigenvalue weighted by atomic mass is 9.71. The van der Waals surface area contributed by atoms with Gasteiger partial charge in [-0.2, -0.15) is 13.2 Å². The zero-order valence-electron chi connectivity index (χ0n) is 17.1. The Morgan fingerprint density at radius 2 is 1.97 bits per heavy atom. The lowest BCUT2D eigenvalue weighted by molar-refractivity contribution is -0.192. The molecule has 2 aliphatic heterocycles. The van der Waals surface area contributed by atoms with Crippen molar-refractivity contribution >= 4 is 11.9 Å². The number of halogens is 3. The molecule has 0 aliphatic carbocycles. The Hall–Kier alpha value is -2.95. The predicted octanol–water partition coefficient (Wildman–Crippen LogP) is 2.63. The van der Waals surface area contributed by atoms with Gasteiger partial charge >= 0.3 is 12.1 Å². The molecule has 11 heteroatoms. The van der Waals surface area contributed by atoms with Crippen molar-refractivity contribution in [1.82, 2.24) is 19.8 Å². The average molecular weight is 440 g/mol. The van der Waals surface area contributed by atoms with E-state index in [2.05, 4.69) is 14.9 Å². The molecule has 0 saturated carbocycles. The molecule has 2 aromatic rings. The van der Waals surface area contributed by atoms with Gasteiger partial charge in [0.15, 0.2) is 0 Å². The molecule has 8 nitrogen and oxygen atoms in total. The van der Waals surface area contributed by atoms with Crippen LogP contribution in [0.2, 0.25) is 0 Å². The van der Waals surface area contributed by atoms with Crippen molar-refractivity contribution in [3.63, 3.8) is 0 Å². The van der Waals surface area contributed by atoms with Crippen molar-refractivity contribution in [2.75, 3.05) is 26.7 Å². The van der Waals surface area contributed by atoms with Crippen LogP contribution in [-0.2, 0) is 16.8 Å². The monoisotopic (exact) mass is 440 g/mol. The summed E-state index contributed by atoms with van der Waals surface area (Å²) in [4.78, 5) is 34.5. The minimum Gasteiger partial charge on any atom is -0.475 e. The number of carbonyl (C=O) groups excluding carboxylic acids is 1. The van der Waals surface area contributed by atoms with Gasteiger partial charge in [-0.05, 0) is 45.0 Å². The summed E-state index contributed by atoms with van der Waals surface area (Å²) in [6.45, 7) is 5.43. The minimum atomic E-state index is -5.08. The first kappa shape index (κ1) is 22.7. The lowest BCUT2D eigenvalue weighted by Crippen LogP contribution is -2.53. The van der Waals surface area contributed by atoms with E-state index in [0.717, 1.165) is 56.3 Å². The van der Waals surface area contributed by atoms with E-state index in [-0.39, 0.29) is 11.3 Å². The standard InChI is InChI=1S/C18H22N4O2.C2HF3O2/c1-13-19-10-15-16(20-13)18(12-21(2)17(15)23)5-7-22(8-6-18)11-14-4-3-9-24-14;3-2(4,5)1(6)7/h3-4,9-10H,5-8,11-12H2,1-2H3;(H,6,7). The van der Waals surface area contributed by atoms with Gasteiger partial charge in [-0.1, -0.05) is 0 Å². The fraction of sp³-hybridized carbons (Fsp3) is 0.500. The van der Waals surface area contributed by atoms with E-state index in [0.29, 0.717) is 5.56 Å². The van der Waals surface area contributed by atoms with E-state index in [1.807, 2.05) is 31.0 Å². The third kappa shape index (κ3) is 5.04. The molecule has 2 aromatic heterocycles. The number of likely N-dealkylation sites (N-methyl/N-ethyl adjacent to an activating group) is 1. The number of furan rings is 1. The van der Waals surface area contributed by atoms with Gasteiger partial charge in [0.05, 0.1) is 24.1 Å². The third-order valence-corrected chi connectivity index (χ3v) is 5.54. The van der Waals surface area contributed by atoms with Crippen molar-refractivity contribution < 1.29 is 32.3 Å². The summed E-state index contributed by atoms with van der Waals surface area (Å²) in [5, 5.41) is 7.12. The quantitative estimate of drug-likeness (QED) is 0.766. The molecule has 0 bridgehead atoms. The number of fused-ring (bicyclic) bond motifs is 2. The smallest absolute Gasteiger partial charge is 0.475 e. The van der Waals surface area contributed by atoms with Gasteiger partial charge in [0.2, 0.25) is 0 Å². The van der Waals surface area contributed by atoms with E-state index in [1.54, 1.807) is 12.5 Å². The van der Waals surface area contributed by atoms with Crippen LogP contribution < -0.4 is 0 Å². The SMILES string of the molecule is Cc1ncc2c(n1)C1(CCN(Cc3ccco3)CC1)CN(C)C2=O.O=C(O)C(F)(F)F. The number of amides is 1. The molecular formula is C20H23F3N4O4. The van der Waals surface area contributed by atoms with Gasteiger partial charge in [0, 0.05) is 25.2 Å². The van der Waals surface area contributed by atoms with E-state index < -0.39 is 12.1 Å². The van der Waals surface area contributed by atoms with Crippen molar-refractivity contribution in [1.29, 1.82) is 0 Å². The number of rotatable bonds is 2. The molecule has 1 amide bonds. The Balaban J connectivity index is 0.000000339. The summed E-state index contributed by atoms with van der Waals surface area (Å²) in [5.41, 5.74) is 1.58. The first-order valence-electron chi connectivity index (χ1n) is 9.66. The molecule has 4 heterocycles. The summed E-state index contributed by atoms with van der Waals surface area (Å²) < 4.78 is 37.2. The van der Waals surface area contributed by atoms with Crippen LogP contribution in [0.15, 0.2) is 29.0 Å². The average Bonchev–Trinajstić information content (AvgIpc) is 3.21. The van der Waals surface area contributed by atoms with Crippen LogP contribution >= 0.6 is 0 Å². The zero-order valence-corrected chi connectivity index (χ0v) is 17.1. The molecular weight excluding hydrogens is 417 g/mol. The van der Waals surface area contributed by atoms with Crippen LogP contribution in [0.5, 0.6) is 0 Å². The second-order valence-electron chi connectivity index (χ2n) is 7.78. The van der Waals surface area contributed by atoms with Crippen LogP contribution in [0.3, 0.4) is 0 Å². The number of carboxylic acids is 1. The molecule has 1 fully saturated rings. The summed E-state index contributed by atoms with van der Waals surface area (Å²) >= 11 is 0. The summed E-state index contributed by atoms with van der Waals surface area (Å²) in [6.07, 6.45) is 0.328. The highest BCUT2D eigenvalue weighted by Crippen LogP contribution is 2.40. The first-order valence-corrected chi connectivity index (χ1v) is 9.66. The molecule has 0 radical (unpaired) electrons. The molecule has 4 rings (SSSR count). The number of carbonyl (C=O) groups is 2. The van der Waals surface area contributed by atoms with Crippen molar-refractivity contribution in [2.24, 2.45) is 0 Å². The lowest BCUT2D eigenvalue weighted by Gasteiger charge is -2.46. The Bertz CT molecular complexity index is 938. The third-order valence-electron chi connectivity index (χ3n) is 5.54. The number of aliphatic carboxylic acids is 1. The van der Waals surface area contributed by atoms with E-state index >= 15 is 0 Å². The normalized spacial score (nSPS) is 18.4. The van der Waals surface area contributed by atoms with Crippen LogP contribution in [-0.4, -0.2) is 69.6 Å². The molecule has 0 atom stereocenters. The van der Waals surface area contributed by atoms with E-state index in [4.69, 9.17) is 14.3 Å². The number of nitrogens with zero attached hydrogens (tertiary/aromatic N) is 4. The number of carboxylic acid groups (broad SMARTS) is 1. The number of likely N-dealkylation sites (tertiary alicyclic amines) is 1. The number of alkyl halides is 3. The molecule has 0 aromatic carbocycles. The van der Waals surface area contributed by atoms with E-state index in [1.165, 1.54) is 0 Å². The van der Waals surface area contributed by atoms with Crippen molar-refractivity contribution in [2.45, 2.75) is 37.9 Å². The summed E-state index contributed by atoms with van der Waals surface area (Å²) in [7, 11) is 1.88. The predicted molar refractivity (Wildman–Crippen MR) is 102 cm³/mol. The van der Waals surface area contributed by atoms with Crippen LogP contribution in [0.4, 0.5) is 13.2 Å². The summed E-state index contributed by atoms with van der Waals surface area (Å²) in [6, 6.07) is 3.95. The van der Waals surface area contributed by atoms with Gasteiger partial charge in [-0.15, -0.1) is 0 Å². The topological polar surface area (TPSA) is 99.8 Å². The number of piperidine rings is 1. The van der Waals surface area contributed by atoms with Gasteiger partial charge < -0.3 is 14.4 Å². The maximum atomic E-state index is 12.5. The zero-order chi connectivity index (χ0) is 22.8. The largest absolute Gasteiger partial charge is 0.490 e. The molecule has 168 valence electrons. The van der Waals surface area contributed by atoms with Gasteiger partial charge in [0.25, 0.3) is 5.91 Å². The van der Waals surface area contributed by atoms with Crippen LogP contribution in [0.1, 0.15) is 40.5 Å². The first-order chi connectivity index (χ1) is 14.5. The van der Waals surface area contributed by atoms with Gasteiger partial charge in [-0.25, -0.2) is 14.8 Å². The van der Waals surface area contributed by atoms with Crippen molar-refractivity contribution in [3.05, 3.63) is 47.4 Å². The van der Waals surface area contributed by atoms with Crippen molar-refractivity contribution in [3.8, 4) is 0 Å². The van der Waals surface area contributed by atoms with Gasteiger partial charge in [0.1, 0.15) is 11.6 Å². The Labute approximate surface area is 176 Å². The van der Waals surface area contributed by atoms with Crippen LogP contribution in [0, 0.1) is 6.92 Å². The second-order valence-corrected chi connectivity index (χ2v) is 7.78. The molecule has 2 aliphatic rings. The number of aromatic nitrogens is 2. The molecule has 1 N–H and O–H groups in total. The molecule has 1 saturated heterocycles. The highest BCUT2D eigenvalue weighted by Gasteiger charge is 2.45. The highest BCUT2D eigenvalue weighted by atomic mass is 19.4. The number of hydrogen-bond acceptors (Lipinski definition) is 6. The maximum Gasteiger partial charge on any atom is 0.490 e. The summed E-state index contributed by atoms with van der Waals surface area (Å²) in [5.74, 6) is -0.981. The molecule has 1 spiro atoms. The number of hydrogen-bond donors (Lipinski definition) is 1. The fourth-order valence-electron chi connectivity index (χ4n) is 3.99. The molecule has 31 heavy (non-hydrogen) atoms. The Morgan fingerprint density at radius 1 is 1.32 bits per heavy atom. The van der Waals surface area contributed by atoms with Gasteiger partial charge in [-0.3, -0.25) is 9.69 Å². The van der Waals surface area contributed by atoms with E-state index in [9.17, 15) is 18.0 Å². The Morgan fingerprint density at radius 3 is 2.52 bits per heavy atom.